The fraction of sp³-hybridized carbons (Fsp3) is 0.269. The van der Waals surface area contributed by atoms with E-state index in [0.717, 1.165) is 65.6 Å². The predicted octanol–water partition coefficient (Wildman–Crippen LogP) is 4.63. The molecular weight excluding hydrogens is 426 g/mol. The van der Waals surface area contributed by atoms with Gasteiger partial charge in [0.2, 0.25) is 0 Å². The number of hydrogen-bond donors (Lipinski definition) is 2. The zero-order valence-electron chi connectivity index (χ0n) is 18.7. The first-order valence-electron chi connectivity index (χ1n) is 11.7. The maximum Gasteiger partial charge on any atom is 0.180 e. The smallest absolute Gasteiger partial charge is 0.180 e. The third kappa shape index (κ3) is 3.30. The summed E-state index contributed by atoms with van der Waals surface area (Å²) >= 11 is 0. The van der Waals surface area contributed by atoms with Crippen molar-refractivity contribution in [3.63, 3.8) is 0 Å². The van der Waals surface area contributed by atoms with E-state index in [9.17, 15) is 0 Å². The van der Waals surface area contributed by atoms with Crippen LogP contribution in [0.3, 0.4) is 0 Å². The number of hydrogen-bond acceptors (Lipinski definition) is 6. The third-order valence-electron chi connectivity index (χ3n) is 7.25. The van der Waals surface area contributed by atoms with Crippen molar-refractivity contribution < 1.29 is 4.74 Å². The van der Waals surface area contributed by atoms with E-state index < -0.39 is 0 Å². The Labute approximate surface area is 196 Å². The number of anilines is 3. The normalized spacial score (nSPS) is 17.4. The van der Waals surface area contributed by atoms with Crippen molar-refractivity contribution in [2.24, 2.45) is 5.41 Å². The van der Waals surface area contributed by atoms with Crippen LogP contribution in [0.2, 0.25) is 0 Å². The SMILES string of the molecule is c1cn2cc(-c3ccc4cn[nH]c4c3)nc(Nc3ccc(N4CCC5(CC4)COC5)cc3)c2n1. The molecule has 0 aliphatic carbocycles. The van der Waals surface area contributed by atoms with Gasteiger partial charge in [0.1, 0.15) is 0 Å². The molecule has 0 bridgehead atoms. The van der Waals surface area contributed by atoms with Gasteiger partial charge in [0.05, 0.1) is 30.6 Å². The van der Waals surface area contributed by atoms with Crippen molar-refractivity contribution in [3.8, 4) is 11.3 Å². The number of ether oxygens (including phenoxy) is 1. The third-order valence-corrected chi connectivity index (χ3v) is 7.25. The van der Waals surface area contributed by atoms with Gasteiger partial charge in [0.15, 0.2) is 11.5 Å². The summed E-state index contributed by atoms with van der Waals surface area (Å²) < 4.78 is 7.47. The van der Waals surface area contributed by atoms with E-state index in [1.807, 2.05) is 23.0 Å². The molecule has 8 nitrogen and oxygen atoms in total. The number of fused-ring (bicyclic) bond motifs is 2. The molecule has 8 heteroatoms. The minimum atomic E-state index is 0.451. The molecule has 0 amide bonds. The highest BCUT2D eigenvalue weighted by Gasteiger charge is 2.41. The zero-order chi connectivity index (χ0) is 22.5. The number of aromatic amines is 1. The van der Waals surface area contributed by atoms with Crippen molar-refractivity contribution >= 4 is 33.7 Å². The van der Waals surface area contributed by atoms with Crippen LogP contribution in [0.25, 0.3) is 27.8 Å². The first kappa shape index (κ1) is 19.5. The molecule has 2 saturated heterocycles. The lowest BCUT2D eigenvalue weighted by atomic mass is 9.77. The van der Waals surface area contributed by atoms with E-state index in [4.69, 9.17) is 9.72 Å². The van der Waals surface area contributed by atoms with Crippen molar-refractivity contribution in [2.75, 3.05) is 36.5 Å². The molecule has 5 aromatic rings. The van der Waals surface area contributed by atoms with Gasteiger partial charge in [0.25, 0.3) is 0 Å². The molecule has 0 radical (unpaired) electrons. The summed E-state index contributed by atoms with van der Waals surface area (Å²) in [5, 5.41) is 11.7. The van der Waals surface area contributed by atoms with Crippen LogP contribution in [0, 0.1) is 5.41 Å². The summed E-state index contributed by atoms with van der Waals surface area (Å²) in [7, 11) is 0. The predicted molar refractivity (Wildman–Crippen MR) is 132 cm³/mol. The molecule has 34 heavy (non-hydrogen) atoms. The number of nitrogens with zero attached hydrogens (tertiary/aromatic N) is 5. The number of rotatable bonds is 4. The van der Waals surface area contributed by atoms with Crippen molar-refractivity contribution in [1.82, 2.24) is 24.6 Å². The van der Waals surface area contributed by atoms with Crippen LogP contribution in [0.15, 0.2) is 67.3 Å². The Morgan fingerprint density at radius 2 is 1.88 bits per heavy atom. The Balaban J connectivity index is 1.15. The van der Waals surface area contributed by atoms with E-state index in [0.29, 0.717) is 5.41 Å². The second-order valence-corrected chi connectivity index (χ2v) is 9.46. The van der Waals surface area contributed by atoms with Gasteiger partial charge in [-0.1, -0.05) is 12.1 Å². The summed E-state index contributed by atoms with van der Waals surface area (Å²) in [4.78, 5) is 11.9. The Morgan fingerprint density at radius 1 is 1.03 bits per heavy atom. The monoisotopic (exact) mass is 451 g/mol. The maximum atomic E-state index is 5.46. The molecule has 3 aromatic heterocycles. The fourth-order valence-corrected chi connectivity index (χ4v) is 5.06. The molecule has 2 fully saturated rings. The molecule has 2 aromatic carbocycles. The summed E-state index contributed by atoms with van der Waals surface area (Å²) in [5.41, 5.74) is 6.37. The average molecular weight is 452 g/mol. The second-order valence-electron chi connectivity index (χ2n) is 9.46. The van der Waals surface area contributed by atoms with Gasteiger partial charge in [-0.15, -0.1) is 0 Å². The van der Waals surface area contributed by atoms with Crippen LogP contribution in [0.1, 0.15) is 12.8 Å². The number of H-pyrrole nitrogens is 1. The van der Waals surface area contributed by atoms with Gasteiger partial charge >= 0.3 is 0 Å². The molecule has 2 aliphatic rings. The molecule has 170 valence electrons. The molecule has 2 N–H and O–H groups in total. The Bertz CT molecular complexity index is 1470. The van der Waals surface area contributed by atoms with Gasteiger partial charge in [-0.05, 0) is 43.2 Å². The molecule has 0 atom stereocenters. The van der Waals surface area contributed by atoms with Crippen LogP contribution in [0.4, 0.5) is 17.2 Å². The van der Waals surface area contributed by atoms with Crippen LogP contribution < -0.4 is 10.2 Å². The maximum absolute atomic E-state index is 5.46. The average Bonchev–Trinajstić information content (AvgIpc) is 3.53. The lowest BCUT2D eigenvalue weighted by Gasteiger charge is -2.47. The minimum Gasteiger partial charge on any atom is -0.380 e. The fourth-order valence-electron chi connectivity index (χ4n) is 5.06. The van der Waals surface area contributed by atoms with E-state index >= 15 is 0 Å². The number of piperidine rings is 1. The Hall–Kier alpha value is -3.91. The van der Waals surface area contributed by atoms with Crippen LogP contribution >= 0.6 is 0 Å². The van der Waals surface area contributed by atoms with Crippen LogP contribution in [-0.2, 0) is 4.74 Å². The second kappa shape index (κ2) is 7.56. The Kier molecular flexibility index (Phi) is 4.35. The first-order valence-corrected chi connectivity index (χ1v) is 11.7. The van der Waals surface area contributed by atoms with Gasteiger partial charge < -0.3 is 19.4 Å². The summed E-state index contributed by atoms with van der Waals surface area (Å²) in [5.74, 6) is 0.727. The Morgan fingerprint density at radius 3 is 2.68 bits per heavy atom. The quantitative estimate of drug-likeness (QED) is 0.414. The van der Waals surface area contributed by atoms with Crippen molar-refractivity contribution in [1.29, 1.82) is 0 Å². The number of aromatic nitrogens is 5. The van der Waals surface area contributed by atoms with E-state index in [-0.39, 0.29) is 0 Å². The first-order chi connectivity index (χ1) is 16.7. The van der Waals surface area contributed by atoms with E-state index in [1.54, 1.807) is 6.20 Å². The zero-order valence-corrected chi connectivity index (χ0v) is 18.7. The van der Waals surface area contributed by atoms with E-state index in [2.05, 4.69) is 67.9 Å². The largest absolute Gasteiger partial charge is 0.380 e. The van der Waals surface area contributed by atoms with Gasteiger partial charge in [0, 0.05) is 59.4 Å². The lowest BCUT2D eigenvalue weighted by Crippen LogP contribution is -2.50. The minimum absolute atomic E-state index is 0.451. The van der Waals surface area contributed by atoms with E-state index in [1.165, 1.54) is 18.5 Å². The molecular formula is C26H25N7O. The standard InChI is InChI=1S/C26H25N7O/c1-2-19-14-28-31-22(19)13-18(1)23-15-33-12-9-27-25(33)24(30-23)29-20-3-5-21(6-4-20)32-10-7-26(8-11-32)16-34-17-26/h1-6,9,12-15H,7-8,10-11,16-17H2,(H,28,31)(H,29,30). The van der Waals surface area contributed by atoms with Crippen molar-refractivity contribution in [2.45, 2.75) is 12.8 Å². The molecule has 0 saturated carbocycles. The molecule has 2 aliphatic heterocycles. The highest BCUT2D eigenvalue weighted by Crippen LogP contribution is 2.39. The summed E-state index contributed by atoms with van der Waals surface area (Å²) in [6, 6.07) is 14.8. The van der Waals surface area contributed by atoms with Gasteiger partial charge in [-0.2, -0.15) is 5.10 Å². The highest BCUT2D eigenvalue weighted by atomic mass is 16.5. The number of nitrogens with one attached hydrogen (secondary N) is 2. The topological polar surface area (TPSA) is 83.4 Å². The van der Waals surface area contributed by atoms with Gasteiger partial charge in [-0.3, -0.25) is 5.10 Å². The molecule has 5 heterocycles. The molecule has 7 rings (SSSR count). The summed E-state index contributed by atoms with van der Waals surface area (Å²) in [6.45, 7) is 4.06. The highest BCUT2D eigenvalue weighted by molar-refractivity contribution is 5.84. The van der Waals surface area contributed by atoms with Crippen molar-refractivity contribution in [3.05, 3.63) is 67.3 Å². The van der Waals surface area contributed by atoms with Gasteiger partial charge in [-0.25, -0.2) is 9.97 Å². The lowest BCUT2D eigenvalue weighted by molar-refractivity contribution is -0.124. The van der Waals surface area contributed by atoms with Crippen LogP contribution in [0.5, 0.6) is 0 Å². The van der Waals surface area contributed by atoms with Crippen LogP contribution in [-0.4, -0.2) is 50.9 Å². The number of imidazole rings is 1. The molecule has 0 unspecified atom stereocenters. The summed E-state index contributed by atoms with van der Waals surface area (Å²) in [6.07, 6.45) is 10.00. The number of benzene rings is 2. The molecule has 1 spiro atoms.